The van der Waals surface area contributed by atoms with E-state index in [0.717, 1.165) is 0 Å². The Kier molecular flexibility index (Phi) is 2.04. The van der Waals surface area contributed by atoms with Gasteiger partial charge in [0.25, 0.3) is 0 Å². The fourth-order valence-electron chi connectivity index (χ4n) is 0. The summed E-state index contributed by atoms with van der Waals surface area (Å²) in [6.45, 7) is 0. The van der Waals surface area contributed by atoms with E-state index in [1.54, 1.807) is 0 Å². The Bertz CT molecular complexity index is 118. The molecular formula is CH3N2OS2-. The van der Waals surface area contributed by atoms with Crippen molar-refractivity contribution in [1.29, 1.82) is 4.78 Å². The number of carbonyl (C=O) groups excluding carboxylic acids is 1. The summed E-state index contributed by atoms with van der Waals surface area (Å²) >= 11 is 4.12. The highest BCUT2D eigenvalue weighted by Gasteiger charge is 1.63. The lowest BCUT2D eigenvalue weighted by molar-refractivity contribution is 0.267. The van der Waals surface area contributed by atoms with Crippen LogP contribution in [-0.2, 0) is 20.4 Å². The fraction of sp³-hybridized carbons (Fsp3) is 0. The van der Waals surface area contributed by atoms with E-state index in [1.165, 1.54) is 0 Å². The molecule has 36 valence electrons. The fourth-order valence-corrected chi connectivity index (χ4v) is 0. The van der Waals surface area contributed by atoms with Crippen molar-refractivity contribution in [3.63, 3.8) is 0 Å². The molecule has 0 aromatic rings. The van der Waals surface area contributed by atoms with E-state index in [1.807, 2.05) is 0 Å². The van der Waals surface area contributed by atoms with Crippen LogP contribution in [-0.4, -0.2) is 5.24 Å². The van der Waals surface area contributed by atoms with Gasteiger partial charge < -0.3 is 10.5 Å². The summed E-state index contributed by atoms with van der Waals surface area (Å²) in [4.78, 5) is 9.64. The molecular weight excluding hydrogens is 120 g/mol. The summed E-state index contributed by atoms with van der Waals surface area (Å²) in [6.07, 6.45) is 0. The molecule has 6 heavy (non-hydrogen) atoms. The summed E-state index contributed by atoms with van der Waals surface area (Å²) in [6, 6.07) is 0. The van der Waals surface area contributed by atoms with Crippen molar-refractivity contribution in [3.05, 3.63) is 0 Å². The van der Waals surface area contributed by atoms with E-state index in [9.17, 15) is 4.79 Å². The Hall–Kier alpha value is -0.160. The van der Waals surface area contributed by atoms with Crippen molar-refractivity contribution >= 4 is 25.7 Å². The summed E-state index contributed by atoms with van der Waals surface area (Å²) < 4.78 is 6.40. The van der Waals surface area contributed by atoms with Crippen molar-refractivity contribution in [3.8, 4) is 0 Å². The van der Waals surface area contributed by atoms with E-state index in [0.29, 0.717) is 0 Å². The van der Waals surface area contributed by atoms with Gasteiger partial charge in [-0.1, -0.05) is 0 Å². The van der Waals surface area contributed by atoms with E-state index >= 15 is 0 Å². The molecule has 0 aromatic carbocycles. The Labute approximate surface area is 41.7 Å². The first kappa shape index (κ1) is 5.84. The summed E-state index contributed by atoms with van der Waals surface area (Å²) in [7, 11) is -1.40. The van der Waals surface area contributed by atoms with Crippen molar-refractivity contribution in [1.82, 2.24) is 0 Å². The molecule has 0 rings (SSSR count). The van der Waals surface area contributed by atoms with Gasteiger partial charge in [0.15, 0.2) is 0 Å². The molecule has 0 aliphatic rings. The molecule has 0 unspecified atom stereocenters. The monoisotopic (exact) mass is 123 g/mol. The molecule has 3 N–H and O–H groups in total. The van der Waals surface area contributed by atoms with Gasteiger partial charge in [-0.25, -0.2) is 20.4 Å². The summed E-state index contributed by atoms with van der Waals surface area (Å²) in [5.74, 6) is 0. The van der Waals surface area contributed by atoms with Crippen LogP contribution in [0, 0.1) is 4.78 Å². The van der Waals surface area contributed by atoms with Crippen LogP contribution in [0.3, 0.4) is 0 Å². The molecule has 0 aliphatic carbocycles. The molecule has 5 heteroatoms. The number of hydrogen-bond acceptors (Lipinski definition) is 4. The smallest absolute Gasteiger partial charge is 0.144 e. The molecule has 0 atom stereocenters. The van der Waals surface area contributed by atoms with Crippen LogP contribution < -0.4 is 5.73 Å². The normalized spacial score (nSPS) is 8.83. The largest absolute Gasteiger partial charge is 0.433 e. The van der Waals surface area contributed by atoms with E-state index < -0.39 is 14.5 Å². The zero-order valence-corrected chi connectivity index (χ0v) is 4.44. The number of nitrogens with one attached hydrogen (secondary N) is 1. The standard InChI is InChI=1S/CH3N2OS2/c2-1(4)6(3)5/h3H,(H2,2,4)/q-1. The van der Waals surface area contributed by atoms with Crippen molar-refractivity contribution in [2.24, 2.45) is 5.73 Å². The van der Waals surface area contributed by atoms with Crippen molar-refractivity contribution < 1.29 is 4.79 Å². The lowest BCUT2D eigenvalue weighted by Gasteiger charge is -1.87. The van der Waals surface area contributed by atoms with Crippen LogP contribution in [0.15, 0.2) is 0 Å². The van der Waals surface area contributed by atoms with Gasteiger partial charge in [-0.15, -0.1) is 0 Å². The molecule has 3 nitrogen and oxygen atoms in total. The average Bonchev–Trinajstić information content (AvgIpc) is 1.36. The summed E-state index contributed by atoms with van der Waals surface area (Å²) in [5.41, 5.74) is 4.52. The van der Waals surface area contributed by atoms with Gasteiger partial charge in [-0.3, -0.25) is 4.79 Å². The Morgan fingerprint density at radius 3 is 2.17 bits per heavy atom. The number of carbonyl (C=O) groups is 1. The SMILES string of the molecule is N=[S-](=S)C(N)=O. The average molecular weight is 123 g/mol. The van der Waals surface area contributed by atoms with Crippen molar-refractivity contribution in [2.45, 2.75) is 0 Å². The second-order valence-electron chi connectivity index (χ2n) is 0.588. The molecule has 0 aliphatic heterocycles. The highest BCUT2D eigenvalue weighted by molar-refractivity contribution is 8.30. The van der Waals surface area contributed by atoms with Gasteiger partial charge in [0.2, 0.25) is 0 Å². The topological polar surface area (TPSA) is 66.9 Å². The first-order valence-corrected chi connectivity index (χ1v) is 3.22. The molecule has 0 spiro atoms. The highest BCUT2D eigenvalue weighted by Crippen LogP contribution is 1.60. The second-order valence-corrected chi connectivity index (χ2v) is 2.53. The van der Waals surface area contributed by atoms with Gasteiger partial charge in [0.1, 0.15) is 5.24 Å². The van der Waals surface area contributed by atoms with E-state index in [4.69, 9.17) is 4.78 Å². The Morgan fingerprint density at radius 1 is 2.00 bits per heavy atom. The third kappa shape index (κ3) is 2.10. The maximum atomic E-state index is 9.64. The van der Waals surface area contributed by atoms with Crippen LogP contribution in [0.25, 0.3) is 0 Å². The number of rotatable bonds is 0. The zero-order valence-electron chi connectivity index (χ0n) is 2.80. The van der Waals surface area contributed by atoms with Gasteiger partial charge in [0, 0.05) is 0 Å². The van der Waals surface area contributed by atoms with Crippen LogP contribution >= 0.6 is 0 Å². The Balaban J connectivity index is 3.94. The minimum Gasteiger partial charge on any atom is -0.433 e. The van der Waals surface area contributed by atoms with Crippen LogP contribution in [0.4, 0.5) is 4.79 Å². The highest BCUT2D eigenvalue weighted by atomic mass is 32.8. The lowest BCUT2D eigenvalue weighted by Crippen LogP contribution is -2.06. The number of amides is 1. The predicted octanol–water partition coefficient (Wildman–Crippen LogP) is -0.0923. The third-order valence-electron chi connectivity index (χ3n) is 0.183. The maximum Gasteiger partial charge on any atom is 0.144 e. The van der Waals surface area contributed by atoms with Gasteiger partial charge >= 0.3 is 0 Å². The van der Waals surface area contributed by atoms with Crippen LogP contribution in [0.2, 0.25) is 0 Å². The van der Waals surface area contributed by atoms with Gasteiger partial charge in [-0.05, 0) is 0 Å². The van der Waals surface area contributed by atoms with E-state index in [2.05, 4.69) is 16.9 Å². The number of hydrogen-bond donors (Lipinski definition) is 2. The molecule has 0 bridgehead atoms. The van der Waals surface area contributed by atoms with Crippen molar-refractivity contribution in [2.75, 3.05) is 0 Å². The van der Waals surface area contributed by atoms with E-state index in [-0.39, 0.29) is 0 Å². The quantitative estimate of drug-likeness (QED) is 0.442. The van der Waals surface area contributed by atoms with Gasteiger partial charge in [-0.2, -0.15) is 0 Å². The van der Waals surface area contributed by atoms with Crippen LogP contribution in [0.5, 0.6) is 0 Å². The number of primary amides is 1. The summed E-state index contributed by atoms with van der Waals surface area (Å²) in [5, 5.41) is -0.731. The molecule has 0 saturated heterocycles. The molecule has 1 amide bonds. The minimum atomic E-state index is -1.40. The lowest BCUT2D eigenvalue weighted by atomic mass is 11.5. The Morgan fingerprint density at radius 2 is 2.17 bits per heavy atom. The maximum absolute atomic E-state index is 9.64. The molecule has 0 saturated carbocycles. The first-order chi connectivity index (χ1) is 2.64. The third-order valence-corrected chi connectivity index (χ3v) is 1.04. The molecule has 0 heterocycles. The zero-order chi connectivity index (χ0) is 5.15. The second kappa shape index (κ2) is 2.09. The minimum absolute atomic E-state index is 0.731. The molecule has 0 fully saturated rings. The first-order valence-electron chi connectivity index (χ1n) is 1.07. The van der Waals surface area contributed by atoms with Crippen LogP contribution in [0.1, 0.15) is 0 Å². The number of nitrogens with two attached hydrogens (primary N) is 1. The molecule has 0 aromatic heterocycles. The van der Waals surface area contributed by atoms with Gasteiger partial charge in [0.05, 0.1) is 0 Å². The molecule has 0 radical (unpaired) electrons. The predicted molar refractivity (Wildman–Crippen MR) is 27.0 cm³/mol.